The van der Waals surface area contributed by atoms with Crippen molar-refractivity contribution in [2.75, 3.05) is 26.7 Å². The Bertz CT molecular complexity index is 270. The third kappa shape index (κ3) is 3.18. The zero-order chi connectivity index (χ0) is 10.4. The van der Waals surface area contributed by atoms with Crippen molar-refractivity contribution in [2.45, 2.75) is 6.92 Å². The van der Waals surface area contributed by atoms with E-state index in [4.69, 9.17) is 0 Å². The highest BCUT2D eigenvalue weighted by Gasteiger charge is 2.05. The second kappa shape index (κ2) is 5.39. The zero-order valence-electron chi connectivity index (χ0n) is 8.58. The summed E-state index contributed by atoms with van der Waals surface area (Å²) in [5, 5.41) is 9.12. The van der Waals surface area contributed by atoms with Crippen molar-refractivity contribution in [2.24, 2.45) is 0 Å². The first kappa shape index (κ1) is 10.7. The van der Waals surface area contributed by atoms with Crippen LogP contribution in [-0.2, 0) is 0 Å². The molecule has 1 rings (SSSR count). The smallest absolute Gasteiger partial charge is 0.254 e. The van der Waals surface area contributed by atoms with Gasteiger partial charge in [-0.05, 0) is 13.6 Å². The first-order valence-corrected chi connectivity index (χ1v) is 4.69. The maximum atomic E-state index is 11.4. The molecule has 0 unspecified atom stereocenters. The quantitative estimate of drug-likeness (QED) is 0.701. The number of aromatic amines is 1. The molecule has 2 N–H and O–H groups in total. The maximum absolute atomic E-state index is 11.4. The molecule has 0 aliphatic heterocycles. The third-order valence-electron chi connectivity index (χ3n) is 2.08. The SMILES string of the molecule is CCN(C)CCNC(=O)c1cn[nH]c1. The van der Waals surface area contributed by atoms with Gasteiger partial charge in [0.15, 0.2) is 0 Å². The van der Waals surface area contributed by atoms with Crippen LogP contribution >= 0.6 is 0 Å². The van der Waals surface area contributed by atoms with E-state index in [1.54, 1.807) is 6.20 Å². The van der Waals surface area contributed by atoms with Gasteiger partial charge in [-0.3, -0.25) is 9.89 Å². The largest absolute Gasteiger partial charge is 0.351 e. The number of H-pyrrole nitrogens is 1. The minimum Gasteiger partial charge on any atom is -0.351 e. The van der Waals surface area contributed by atoms with Crippen molar-refractivity contribution in [1.29, 1.82) is 0 Å². The lowest BCUT2D eigenvalue weighted by Crippen LogP contribution is -2.32. The van der Waals surface area contributed by atoms with Crippen LogP contribution in [0.2, 0.25) is 0 Å². The van der Waals surface area contributed by atoms with E-state index in [-0.39, 0.29) is 5.91 Å². The Kier molecular flexibility index (Phi) is 4.12. The normalized spacial score (nSPS) is 10.5. The molecule has 0 aliphatic rings. The molecule has 1 heterocycles. The monoisotopic (exact) mass is 196 g/mol. The number of rotatable bonds is 5. The molecule has 1 aromatic rings. The molecule has 1 amide bonds. The minimum atomic E-state index is -0.0803. The fraction of sp³-hybridized carbons (Fsp3) is 0.556. The van der Waals surface area contributed by atoms with Gasteiger partial charge in [0.1, 0.15) is 0 Å². The van der Waals surface area contributed by atoms with Crippen molar-refractivity contribution in [3.63, 3.8) is 0 Å². The molecule has 0 spiro atoms. The summed E-state index contributed by atoms with van der Waals surface area (Å²) >= 11 is 0. The highest BCUT2D eigenvalue weighted by Crippen LogP contribution is 1.92. The van der Waals surface area contributed by atoms with Crippen LogP contribution in [0, 0.1) is 0 Å². The van der Waals surface area contributed by atoms with E-state index in [0.717, 1.165) is 13.1 Å². The molecule has 1 aromatic heterocycles. The van der Waals surface area contributed by atoms with Crippen LogP contribution in [0.1, 0.15) is 17.3 Å². The number of carbonyl (C=O) groups excluding carboxylic acids is 1. The van der Waals surface area contributed by atoms with Crippen molar-refractivity contribution in [1.82, 2.24) is 20.4 Å². The Morgan fingerprint density at radius 3 is 3.07 bits per heavy atom. The van der Waals surface area contributed by atoms with Gasteiger partial charge in [0.05, 0.1) is 11.8 Å². The van der Waals surface area contributed by atoms with Crippen molar-refractivity contribution < 1.29 is 4.79 Å². The van der Waals surface area contributed by atoms with Gasteiger partial charge >= 0.3 is 0 Å². The van der Waals surface area contributed by atoms with Gasteiger partial charge in [-0.15, -0.1) is 0 Å². The van der Waals surface area contributed by atoms with E-state index in [1.165, 1.54) is 6.20 Å². The molecule has 0 atom stereocenters. The lowest BCUT2D eigenvalue weighted by atomic mass is 10.3. The van der Waals surface area contributed by atoms with Crippen LogP contribution in [0.25, 0.3) is 0 Å². The maximum Gasteiger partial charge on any atom is 0.254 e. The summed E-state index contributed by atoms with van der Waals surface area (Å²) < 4.78 is 0. The Morgan fingerprint density at radius 2 is 2.50 bits per heavy atom. The second-order valence-corrected chi connectivity index (χ2v) is 3.14. The van der Waals surface area contributed by atoms with Crippen LogP contribution in [0.3, 0.4) is 0 Å². The number of amides is 1. The molecule has 0 bridgehead atoms. The highest BCUT2D eigenvalue weighted by molar-refractivity contribution is 5.93. The van der Waals surface area contributed by atoms with Crippen molar-refractivity contribution >= 4 is 5.91 Å². The Hall–Kier alpha value is -1.36. The van der Waals surface area contributed by atoms with Gasteiger partial charge in [-0.2, -0.15) is 5.10 Å². The second-order valence-electron chi connectivity index (χ2n) is 3.14. The molecule has 78 valence electrons. The lowest BCUT2D eigenvalue weighted by Gasteiger charge is -2.13. The summed E-state index contributed by atoms with van der Waals surface area (Å²) in [6.45, 7) is 4.59. The van der Waals surface area contributed by atoms with E-state index in [2.05, 4.69) is 27.3 Å². The molecule has 0 radical (unpaired) electrons. The number of hydrogen-bond donors (Lipinski definition) is 2. The Morgan fingerprint density at radius 1 is 1.71 bits per heavy atom. The average molecular weight is 196 g/mol. The molecular formula is C9H16N4O. The molecule has 0 fully saturated rings. The molecule has 0 saturated heterocycles. The number of hydrogen-bond acceptors (Lipinski definition) is 3. The van der Waals surface area contributed by atoms with E-state index >= 15 is 0 Å². The lowest BCUT2D eigenvalue weighted by molar-refractivity contribution is 0.0950. The average Bonchev–Trinajstić information content (AvgIpc) is 2.70. The van der Waals surface area contributed by atoms with Gasteiger partial charge in [0.2, 0.25) is 0 Å². The topological polar surface area (TPSA) is 61.0 Å². The molecule has 14 heavy (non-hydrogen) atoms. The zero-order valence-corrected chi connectivity index (χ0v) is 8.58. The van der Waals surface area contributed by atoms with Crippen LogP contribution in [0.15, 0.2) is 12.4 Å². The van der Waals surface area contributed by atoms with Crippen LogP contribution in [-0.4, -0.2) is 47.7 Å². The van der Waals surface area contributed by atoms with Crippen molar-refractivity contribution in [3.05, 3.63) is 18.0 Å². The van der Waals surface area contributed by atoms with E-state index in [0.29, 0.717) is 12.1 Å². The summed E-state index contributed by atoms with van der Waals surface area (Å²) in [6, 6.07) is 0. The fourth-order valence-electron chi connectivity index (χ4n) is 0.996. The van der Waals surface area contributed by atoms with E-state index in [1.807, 2.05) is 7.05 Å². The fourth-order valence-corrected chi connectivity index (χ4v) is 0.996. The molecule has 5 heteroatoms. The summed E-state index contributed by atoms with van der Waals surface area (Å²) in [5.41, 5.74) is 0.573. The van der Waals surface area contributed by atoms with Gasteiger partial charge in [-0.25, -0.2) is 0 Å². The van der Waals surface area contributed by atoms with Crippen LogP contribution in [0.5, 0.6) is 0 Å². The summed E-state index contributed by atoms with van der Waals surface area (Å²) in [7, 11) is 2.02. The van der Waals surface area contributed by atoms with Crippen molar-refractivity contribution in [3.8, 4) is 0 Å². The van der Waals surface area contributed by atoms with Gasteiger partial charge in [-0.1, -0.05) is 6.92 Å². The first-order valence-electron chi connectivity index (χ1n) is 4.69. The summed E-state index contributed by atoms with van der Waals surface area (Å²) in [5.74, 6) is -0.0803. The first-order chi connectivity index (χ1) is 6.74. The van der Waals surface area contributed by atoms with E-state index in [9.17, 15) is 4.79 Å². The number of nitrogens with one attached hydrogen (secondary N) is 2. The molecular weight excluding hydrogens is 180 g/mol. The molecule has 0 aliphatic carbocycles. The highest BCUT2D eigenvalue weighted by atomic mass is 16.1. The molecule has 5 nitrogen and oxygen atoms in total. The number of carbonyl (C=O) groups is 1. The van der Waals surface area contributed by atoms with Gasteiger partial charge < -0.3 is 10.2 Å². The summed E-state index contributed by atoms with van der Waals surface area (Å²) in [4.78, 5) is 13.5. The third-order valence-corrected chi connectivity index (χ3v) is 2.08. The van der Waals surface area contributed by atoms with Crippen LogP contribution < -0.4 is 5.32 Å². The predicted octanol–water partition coefficient (Wildman–Crippen LogP) is 0.0912. The Labute approximate surface area is 83.5 Å². The standard InChI is InChI=1S/C9H16N4O/c1-3-13(2)5-4-10-9(14)8-6-11-12-7-8/h6-7H,3-5H2,1-2H3,(H,10,14)(H,11,12). The minimum absolute atomic E-state index is 0.0803. The van der Waals surface area contributed by atoms with E-state index < -0.39 is 0 Å². The summed E-state index contributed by atoms with van der Waals surface area (Å²) in [6.07, 6.45) is 3.09. The van der Waals surface area contributed by atoms with Gasteiger partial charge in [0, 0.05) is 19.3 Å². The van der Waals surface area contributed by atoms with Crippen LogP contribution in [0.4, 0.5) is 0 Å². The Balaban J connectivity index is 2.23. The number of nitrogens with zero attached hydrogens (tertiary/aromatic N) is 2. The predicted molar refractivity (Wildman–Crippen MR) is 54.1 cm³/mol. The molecule has 0 aromatic carbocycles. The van der Waals surface area contributed by atoms with Gasteiger partial charge in [0.25, 0.3) is 5.91 Å². The number of aromatic nitrogens is 2. The number of likely N-dealkylation sites (N-methyl/N-ethyl adjacent to an activating group) is 1. The molecule has 0 saturated carbocycles.